The van der Waals surface area contributed by atoms with E-state index in [0.29, 0.717) is 11.4 Å². The number of anilines is 1. The van der Waals surface area contributed by atoms with Gasteiger partial charge < -0.3 is 4.74 Å². The molecule has 0 radical (unpaired) electrons. The number of methoxy groups -OCH3 is 1. The van der Waals surface area contributed by atoms with Crippen molar-refractivity contribution >= 4 is 21.9 Å². The third-order valence-electron chi connectivity index (χ3n) is 2.72. The zero-order valence-electron chi connectivity index (χ0n) is 11.7. The summed E-state index contributed by atoms with van der Waals surface area (Å²) in [6, 6.07) is 4.28. The average molecular weight is 310 g/mol. The van der Waals surface area contributed by atoms with Gasteiger partial charge in [0.15, 0.2) is 0 Å². The Morgan fingerprint density at radius 2 is 2.05 bits per heavy atom. The molecule has 0 amide bonds. The first-order valence-electron chi connectivity index (χ1n) is 5.94. The molecule has 0 aliphatic carbocycles. The first-order valence-corrected chi connectivity index (χ1v) is 7.42. The number of nitrogens with one attached hydrogen (secondary N) is 2. The Morgan fingerprint density at radius 1 is 1.33 bits per heavy atom. The van der Waals surface area contributed by atoms with E-state index in [1.54, 1.807) is 13.8 Å². The number of H-pyrrole nitrogens is 1. The minimum absolute atomic E-state index is 0.0344. The first kappa shape index (κ1) is 15.0. The summed E-state index contributed by atoms with van der Waals surface area (Å²) in [5.41, 5.74) is 0.636. The van der Waals surface area contributed by atoms with E-state index in [-0.39, 0.29) is 16.4 Å². The van der Waals surface area contributed by atoms with Crippen LogP contribution in [0.5, 0.6) is 0 Å². The van der Waals surface area contributed by atoms with Gasteiger partial charge in [-0.3, -0.25) is 5.10 Å². The molecule has 1 heterocycles. The number of aryl methyl sites for hydroxylation is 2. The predicted molar refractivity (Wildman–Crippen MR) is 74.4 cm³/mol. The smallest absolute Gasteiger partial charge is 0.337 e. The fourth-order valence-electron chi connectivity index (χ4n) is 1.70. The molecule has 2 rings (SSSR count). The molecule has 0 saturated heterocycles. The number of nitrogens with zero attached hydrogens (tertiary/aromatic N) is 2. The number of carbonyl (C=O) groups excluding carboxylic acids is 1. The van der Waals surface area contributed by atoms with Crippen LogP contribution in [0.1, 0.15) is 21.7 Å². The third-order valence-corrected chi connectivity index (χ3v) is 4.19. The summed E-state index contributed by atoms with van der Waals surface area (Å²) in [7, 11) is -2.67. The number of aromatic amines is 1. The van der Waals surface area contributed by atoms with Crippen molar-refractivity contribution in [2.24, 2.45) is 0 Å². The van der Waals surface area contributed by atoms with Crippen LogP contribution in [0.15, 0.2) is 23.1 Å². The van der Waals surface area contributed by atoms with E-state index in [4.69, 9.17) is 0 Å². The number of aromatic nitrogens is 3. The molecule has 2 N–H and O–H groups in total. The van der Waals surface area contributed by atoms with Gasteiger partial charge in [0.1, 0.15) is 5.82 Å². The highest BCUT2D eigenvalue weighted by atomic mass is 32.2. The number of benzene rings is 1. The molecule has 0 fully saturated rings. The maximum atomic E-state index is 12.3. The average Bonchev–Trinajstić information content (AvgIpc) is 2.82. The lowest BCUT2D eigenvalue weighted by molar-refractivity contribution is 0.0600. The fourth-order valence-corrected chi connectivity index (χ4v) is 2.91. The van der Waals surface area contributed by atoms with Gasteiger partial charge in [-0.05, 0) is 31.5 Å². The van der Waals surface area contributed by atoms with Crippen LogP contribution in [0, 0.1) is 13.8 Å². The van der Waals surface area contributed by atoms with Crippen LogP contribution < -0.4 is 4.72 Å². The molecule has 1 aromatic heterocycles. The highest BCUT2D eigenvalue weighted by Crippen LogP contribution is 2.19. The second kappa shape index (κ2) is 5.52. The molecule has 1 aromatic carbocycles. The number of hydrogen-bond acceptors (Lipinski definition) is 6. The van der Waals surface area contributed by atoms with E-state index in [2.05, 4.69) is 24.6 Å². The number of ether oxygens (including phenoxy) is 1. The molecular weight excluding hydrogens is 296 g/mol. The molecule has 9 heteroatoms. The van der Waals surface area contributed by atoms with E-state index in [0.717, 1.165) is 0 Å². The molecule has 0 unspecified atom stereocenters. The minimum Gasteiger partial charge on any atom is -0.465 e. The van der Waals surface area contributed by atoms with Crippen LogP contribution in [0.4, 0.5) is 5.95 Å². The summed E-state index contributed by atoms with van der Waals surface area (Å²) >= 11 is 0. The van der Waals surface area contributed by atoms with Gasteiger partial charge in [0.2, 0.25) is 0 Å². The largest absolute Gasteiger partial charge is 0.465 e. The van der Waals surface area contributed by atoms with Crippen molar-refractivity contribution < 1.29 is 17.9 Å². The topological polar surface area (TPSA) is 114 Å². The molecule has 21 heavy (non-hydrogen) atoms. The van der Waals surface area contributed by atoms with Gasteiger partial charge >= 0.3 is 5.97 Å². The number of sulfonamides is 1. The van der Waals surface area contributed by atoms with E-state index < -0.39 is 16.0 Å². The molecule has 0 saturated carbocycles. The zero-order chi connectivity index (χ0) is 15.6. The standard InChI is InChI=1S/C12H14N4O4S/c1-7-4-5-9(11(17)20-3)6-10(7)21(18,19)16-12-13-8(2)14-15-12/h4-6H,1-3H3,(H2,13,14,15,16). The van der Waals surface area contributed by atoms with Gasteiger partial charge in [-0.2, -0.15) is 4.98 Å². The highest BCUT2D eigenvalue weighted by Gasteiger charge is 2.21. The molecule has 0 spiro atoms. The van der Waals surface area contributed by atoms with Crippen molar-refractivity contribution in [1.29, 1.82) is 0 Å². The number of hydrogen-bond donors (Lipinski definition) is 2. The van der Waals surface area contributed by atoms with Crippen molar-refractivity contribution in [3.63, 3.8) is 0 Å². The lowest BCUT2D eigenvalue weighted by Crippen LogP contribution is -2.16. The molecule has 112 valence electrons. The predicted octanol–water partition coefficient (Wildman–Crippen LogP) is 1.01. The minimum atomic E-state index is -3.90. The first-order chi connectivity index (χ1) is 9.83. The van der Waals surface area contributed by atoms with E-state index >= 15 is 0 Å². The number of rotatable bonds is 4. The van der Waals surface area contributed by atoms with Crippen molar-refractivity contribution in [3.8, 4) is 0 Å². The lowest BCUT2D eigenvalue weighted by atomic mass is 10.1. The van der Waals surface area contributed by atoms with E-state index in [1.165, 1.54) is 25.3 Å². The zero-order valence-corrected chi connectivity index (χ0v) is 12.5. The Hall–Kier alpha value is -2.42. The molecule has 0 atom stereocenters. The summed E-state index contributed by atoms with van der Waals surface area (Å²) in [5.74, 6) is -0.191. The van der Waals surface area contributed by atoms with Crippen LogP contribution in [0.3, 0.4) is 0 Å². The number of carbonyl (C=O) groups is 1. The quantitative estimate of drug-likeness (QED) is 0.815. The van der Waals surface area contributed by atoms with Crippen LogP contribution in [0.2, 0.25) is 0 Å². The van der Waals surface area contributed by atoms with Crippen molar-refractivity contribution in [3.05, 3.63) is 35.2 Å². The van der Waals surface area contributed by atoms with Crippen LogP contribution in [-0.2, 0) is 14.8 Å². The SMILES string of the molecule is COC(=O)c1ccc(C)c(S(=O)(=O)Nc2n[nH]c(C)n2)c1. The highest BCUT2D eigenvalue weighted by molar-refractivity contribution is 7.92. The summed E-state index contributed by atoms with van der Waals surface area (Å²) in [5, 5.41) is 6.25. The van der Waals surface area contributed by atoms with Gasteiger partial charge in [0.05, 0.1) is 17.6 Å². The summed E-state index contributed by atoms with van der Waals surface area (Å²) in [4.78, 5) is 15.3. The third kappa shape index (κ3) is 3.19. The van der Waals surface area contributed by atoms with Gasteiger partial charge in [-0.15, -0.1) is 5.10 Å². The normalized spacial score (nSPS) is 11.2. The van der Waals surface area contributed by atoms with E-state index in [1.807, 2.05) is 0 Å². The maximum absolute atomic E-state index is 12.3. The lowest BCUT2D eigenvalue weighted by Gasteiger charge is -2.09. The summed E-state index contributed by atoms with van der Waals surface area (Å²) < 4.78 is 31.5. The maximum Gasteiger partial charge on any atom is 0.337 e. The summed E-state index contributed by atoms with van der Waals surface area (Å²) in [6.45, 7) is 3.27. The Bertz CT molecular complexity index is 782. The monoisotopic (exact) mass is 310 g/mol. The molecule has 0 aliphatic heterocycles. The molecule has 2 aromatic rings. The second-order valence-corrected chi connectivity index (χ2v) is 5.97. The molecule has 8 nitrogen and oxygen atoms in total. The summed E-state index contributed by atoms with van der Waals surface area (Å²) in [6.07, 6.45) is 0. The molecule has 0 bridgehead atoms. The van der Waals surface area contributed by atoms with Crippen LogP contribution >= 0.6 is 0 Å². The van der Waals surface area contributed by atoms with Gasteiger partial charge in [-0.1, -0.05) is 6.07 Å². The molecule has 0 aliphatic rings. The molecular formula is C12H14N4O4S. The van der Waals surface area contributed by atoms with Crippen LogP contribution in [-0.4, -0.2) is 36.7 Å². The van der Waals surface area contributed by atoms with Crippen molar-refractivity contribution in [2.75, 3.05) is 11.8 Å². The van der Waals surface area contributed by atoms with Crippen LogP contribution in [0.25, 0.3) is 0 Å². The van der Waals surface area contributed by atoms with Crippen molar-refractivity contribution in [1.82, 2.24) is 15.2 Å². The second-order valence-electron chi connectivity index (χ2n) is 4.32. The number of esters is 1. The van der Waals surface area contributed by atoms with Gasteiger partial charge in [0.25, 0.3) is 16.0 Å². The van der Waals surface area contributed by atoms with E-state index in [9.17, 15) is 13.2 Å². The van der Waals surface area contributed by atoms with Crippen molar-refractivity contribution in [2.45, 2.75) is 18.7 Å². The fraction of sp³-hybridized carbons (Fsp3) is 0.250. The van der Waals surface area contributed by atoms with Gasteiger partial charge in [0, 0.05) is 0 Å². The Balaban J connectivity index is 2.41. The Labute approximate surface area is 121 Å². The Morgan fingerprint density at radius 3 is 2.62 bits per heavy atom. The Kier molecular flexibility index (Phi) is 3.94. The van der Waals surface area contributed by atoms with Gasteiger partial charge in [-0.25, -0.2) is 17.9 Å².